The second kappa shape index (κ2) is 12.8. The van der Waals surface area contributed by atoms with E-state index in [1.807, 2.05) is 72.2 Å². The molecule has 0 radical (unpaired) electrons. The molecular formula is C32H31KN4O4. The Balaban J connectivity index is 0.00000202. The van der Waals surface area contributed by atoms with Gasteiger partial charge in [-0.25, -0.2) is 9.78 Å². The van der Waals surface area contributed by atoms with Crippen molar-refractivity contribution in [2.24, 2.45) is 0 Å². The van der Waals surface area contributed by atoms with Crippen molar-refractivity contribution in [3.8, 4) is 39.4 Å². The quantitative estimate of drug-likeness (QED) is 0.286. The molecule has 8 nitrogen and oxygen atoms in total. The van der Waals surface area contributed by atoms with Crippen LogP contribution < -0.4 is 67.4 Å². The molecule has 1 aliphatic rings. The third-order valence-corrected chi connectivity index (χ3v) is 7.39. The minimum absolute atomic E-state index is 0. The minimum atomic E-state index is -0.594. The number of fused-ring (bicyclic) bond motifs is 1. The number of hydrogen-bond donors (Lipinski definition) is 1. The minimum Gasteiger partial charge on any atom is -1.00 e. The summed E-state index contributed by atoms with van der Waals surface area (Å²) in [7, 11) is 0. The van der Waals surface area contributed by atoms with Gasteiger partial charge in [0.15, 0.2) is 5.82 Å². The number of aryl methyl sites for hydroxylation is 2. The van der Waals surface area contributed by atoms with Crippen LogP contribution in [0.3, 0.4) is 0 Å². The van der Waals surface area contributed by atoms with Crippen LogP contribution in [-0.2, 0) is 19.4 Å². The molecule has 2 aromatic heterocycles. The summed E-state index contributed by atoms with van der Waals surface area (Å²) in [5.41, 5.74) is 7.02. The maximum Gasteiger partial charge on any atom is 1.00 e. The number of hydrogen-bond acceptors (Lipinski definition) is 6. The summed E-state index contributed by atoms with van der Waals surface area (Å²) in [6.45, 7) is 5.16. The molecule has 41 heavy (non-hydrogen) atoms. The van der Waals surface area contributed by atoms with Crippen LogP contribution in [0.25, 0.3) is 33.6 Å². The van der Waals surface area contributed by atoms with Gasteiger partial charge in [-0.05, 0) is 53.3 Å². The molecule has 5 aromatic rings. The van der Waals surface area contributed by atoms with Crippen molar-refractivity contribution < 1.29 is 62.1 Å². The molecule has 9 heteroatoms. The maximum absolute atomic E-state index is 14.0. The molecule has 0 unspecified atom stereocenters. The van der Waals surface area contributed by atoms with Gasteiger partial charge in [0.25, 0.3) is 5.56 Å². The van der Waals surface area contributed by atoms with Crippen molar-refractivity contribution in [2.45, 2.75) is 46.1 Å². The molecule has 0 bridgehead atoms. The van der Waals surface area contributed by atoms with E-state index in [9.17, 15) is 9.59 Å². The number of H-pyrrole nitrogens is 1. The van der Waals surface area contributed by atoms with Gasteiger partial charge in [0.1, 0.15) is 11.6 Å². The fraction of sp³-hybridized carbons (Fsp3) is 0.250. The molecule has 0 spiro atoms. The normalized spacial score (nSPS) is 12.0. The number of unbranched alkanes of at least 4 members (excludes halogenated alkanes) is 1. The Morgan fingerprint density at radius 1 is 1.00 bits per heavy atom. The summed E-state index contributed by atoms with van der Waals surface area (Å²) >= 11 is 0. The largest absolute Gasteiger partial charge is 1.00 e. The zero-order chi connectivity index (χ0) is 27.6. The first-order chi connectivity index (χ1) is 19.5. The monoisotopic (exact) mass is 574 g/mol. The molecule has 1 aliphatic heterocycles. The number of benzene rings is 3. The molecule has 3 heterocycles. The predicted molar refractivity (Wildman–Crippen MR) is 155 cm³/mol. The zero-order valence-electron chi connectivity index (χ0n) is 24.6. The van der Waals surface area contributed by atoms with E-state index < -0.39 is 5.76 Å². The summed E-state index contributed by atoms with van der Waals surface area (Å²) in [5.74, 6) is 1.49. The van der Waals surface area contributed by atoms with Crippen LogP contribution in [-0.4, -0.2) is 26.3 Å². The summed E-state index contributed by atoms with van der Waals surface area (Å²) in [6, 6.07) is 21.8. The Morgan fingerprint density at radius 2 is 1.76 bits per heavy atom. The summed E-state index contributed by atoms with van der Waals surface area (Å²) in [4.78, 5) is 33.1. The standard InChI is InChI=1S/C32H30N4O4.K.H/c1-3-4-9-28-33-20(2)29(24-14-15-27-23(18-24)16-17-39-27)31(37)36(28)19-21-10-12-22(13-11-21)25-7-5-6-8-26(25)30-34-32(38)40-35-30;;/h5-8,10-15,18H,3-4,9,16-17,19H2,1-2H3,(H,34,35,38);;/q;+1;-1. The van der Waals surface area contributed by atoms with Gasteiger partial charge >= 0.3 is 57.1 Å². The van der Waals surface area contributed by atoms with E-state index in [0.717, 1.165) is 76.3 Å². The van der Waals surface area contributed by atoms with Gasteiger partial charge in [-0.15, -0.1) is 0 Å². The topological polar surface area (TPSA) is 103 Å². The summed E-state index contributed by atoms with van der Waals surface area (Å²) in [6.07, 6.45) is 3.57. The summed E-state index contributed by atoms with van der Waals surface area (Å²) < 4.78 is 12.2. The second-order valence-corrected chi connectivity index (χ2v) is 10.1. The molecule has 0 saturated carbocycles. The molecule has 3 aromatic carbocycles. The van der Waals surface area contributed by atoms with Gasteiger partial charge in [-0.1, -0.05) is 73.1 Å². The molecule has 0 atom stereocenters. The Morgan fingerprint density at radius 3 is 2.49 bits per heavy atom. The molecule has 0 amide bonds. The molecule has 0 aliphatic carbocycles. The first kappa shape index (κ1) is 29.4. The molecule has 204 valence electrons. The van der Waals surface area contributed by atoms with Crippen LogP contribution in [0, 0.1) is 6.92 Å². The number of rotatable bonds is 8. The third-order valence-electron chi connectivity index (χ3n) is 7.39. The van der Waals surface area contributed by atoms with E-state index in [2.05, 4.69) is 23.1 Å². The summed E-state index contributed by atoms with van der Waals surface area (Å²) in [5, 5.41) is 3.85. The number of nitrogens with one attached hydrogen (secondary N) is 1. The van der Waals surface area contributed by atoms with Crippen molar-refractivity contribution in [1.82, 2.24) is 19.7 Å². The van der Waals surface area contributed by atoms with Crippen molar-refractivity contribution in [3.05, 3.63) is 110 Å². The Kier molecular flexibility index (Phi) is 9.21. The smallest absolute Gasteiger partial charge is 1.00 e. The van der Waals surface area contributed by atoms with E-state index >= 15 is 0 Å². The molecular weight excluding hydrogens is 543 g/mol. The van der Waals surface area contributed by atoms with Crippen molar-refractivity contribution >= 4 is 0 Å². The van der Waals surface area contributed by atoms with Gasteiger partial charge in [0.05, 0.1) is 24.4 Å². The van der Waals surface area contributed by atoms with Crippen molar-refractivity contribution in [1.29, 1.82) is 0 Å². The molecule has 0 saturated heterocycles. The van der Waals surface area contributed by atoms with Crippen LogP contribution in [0.15, 0.2) is 80.8 Å². The number of nitrogens with zero attached hydrogens (tertiary/aromatic N) is 3. The van der Waals surface area contributed by atoms with Crippen LogP contribution in [0.1, 0.15) is 43.8 Å². The third kappa shape index (κ3) is 6.10. The maximum atomic E-state index is 14.0. The number of aromatic nitrogens is 4. The Hall–Kier alpha value is -3.08. The number of aromatic amines is 1. The van der Waals surface area contributed by atoms with Gasteiger partial charge in [-0.3, -0.25) is 18.9 Å². The first-order valence-corrected chi connectivity index (χ1v) is 13.6. The van der Waals surface area contributed by atoms with E-state index in [4.69, 9.17) is 14.2 Å². The molecule has 1 N–H and O–H groups in total. The van der Waals surface area contributed by atoms with E-state index in [1.165, 1.54) is 0 Å². The van der Waals surface area contributed by atoms with E-state index in [0.29, 0.717) is 24.5 Å². The predicted octanol–water partition coefficient (Wildman–Crippen LogP) is 2.67. The van der Waals surface area contributed by atoms with Gasteiger partial charge in [0, 0.05) is 18.4 Å². The molecule has 0 fully saturated rings. The van der Waals surface area contributed by atoms with Crippen molar-refractivity contribution in [2.75, 3.05) is 6.61 Å². The molecule has 6 rings (SSSR count). The van der Waals surface area contributed by atoms with E-state index in [1.54, 1.807) is 0 Å². The first-order valence-electron chi connectivity index (χ1n) is 13.6. The number of ether oxygens (including phenoxy) is 1. The van der Waals surface area contributed by atoms with E-state index in [-0.39, 0.29) is 58.4 Å². The fourth-order valence-corrected chi connectivity index (χ4v) is 5.34. The van der Waals surface area contributed by atoms with Gasteiger partial charge < -0.3 is 6.16 Å². The van der Waals surface area contributed by atoms with Crippen LogP contribution in [0.2, 0.25) is 0 Å². The zero-order valence-corrected chi connectivity index (χ0v) is 26.7. The van der Waals surface area contributed by atoms with Crippen LogP contribution >= 0.6 is 0 Å². The Bertz CT molecular complexity index is 1810. The van der Waals surface area contributed by atoms with Crippen LogP contribution in [0.4, 0.5) is 0 Å². The average molecular weight is 575 g/mol. The Labute approximate surface area is 281 Å². The SMILES string of the molecule is CCCCc1nc(C)c(-c2ccc3c(c2)CCO3)c(=O)n1Cc1ccc(-c2ccccc2-c2noc(=O)[nH]2)cc1.[H-].[K+]. The average Bonchev–Trinajstić information content (AvgIpc) is 3.62. The van der Waals surface area contributed by atoms with Crippen LogP contribution in [0.5, 0.6) is 5.75 Å². The van der Waals surface area contributed by atoms with Gasteiger partial charge in [-0.2, -0.15) is 0 Å². The fourth-order valence-electron chi connectivity index (χ4n) is 5.34. The van der Waals surface area contributed by atoms with Gasteiger partial charge in [0.2, 0.25) is 0 Å². The van der Waals surface area contributed by atoms with Crippen molar-refractivity contribution in [3.63, 3.8) is 0 Å². The second-order valence-electron chi connectivity index (χ2n) is 10.1.